The van der Waals surface area contributed by atoms with E-state index >= 15 is 0 Å². The molecule has 33 heavy (non-hydrogen) atoms. The van der Waals surface area contributed by atoms with Crippen molar-refractivity contribution in [1.82, 2.24) is 15.3 Å². The molecule has 0 saturated carbocycles. The van der Waals surface area contributed by atoms with E-state index in [0.29, 0.717) is 34.5 Å². The second kappa shape index (κ2) is 11.8. The summed E-state index contributed by atoms with van der Waals surface area (Å²) >= 11 is 11.8. The smallest absolute Gasteiger partial charge is 0.166 e. The average Bonchev–Trinajstić information content (AvgIpc) is 2.85. The summed E-state index contributed by atoms with van der Waals surface area (Å²) in [5.74, 6) is 0.955. The summed E-state index contributed by atoms with van der Waals surface area (Å²) in [6.07, 6.45) is 5.14. The van der Waals surface area contributed by atoms with Gasteiger partial charge in [0.05, 0.1) is 28.4 Å². The number of ether oxygens (including phenoxy) is 2. The number of hydrogen-bond acceptors (Lipinski definition) is 7. The van der Waals surface area contributed by atoms with E-state index < -0.39 is 5.82 Å². The quantitative estimate of drug-likeness (QED) is 0.273. The molecule has 1 aliphatic rings. The van der Waals surface area contributed by atoms with Crippen molar-refractivity contribution in [2.75, 3.05) is 25.5 Å². The summed E-state index contributed by atoms with van der Waals surface area (Å²) in [6.45, 7) is 4.93. The van der Waals surface area contributed by atoms with Crippen molar-refractivity contribution in [2.45, 2.75) is 18.9 Å². The fourth-order valence-electron chi connectivity index (χ4n) is 3.26. The molecule has 0 bridgehead atoms. The van der Waals surface area contributed by atoms with Crippen LogP contribution in [-0.4, -0.2) is 42.6 Å². The highest BCUT2D eigenvalue weighted by molar-refractivity contribution is 6.42. The molecule has 1 saturated heterocycles. The summed E-state index contributed by atoms with van der Waals surface area (Å²) in [6, 6.07) is 6.62. The first-order valence-electron chi connectivity index (χ1n) is 10.1. The Kier molecular flexibility index (Phi) is 8.82. The standard InChI is InChI=1S/C20H19Cl2FN4O2.C3H4O/c1-28-16-9-15-12(8-17(16)29-11-4-6-24-7-5-11)20(26-10-25-15)27-14-3-2-13(21)18(22)19(14)23;1-2-3-4/h2-3,8-11,24H,4-7H2,1H3,(H,25,26,27);2-3H,1H2. The second-order valence-electron chi connectivity index (χ2n) is 7.03. The summed E-state index contributed by atoms with van der Waals surface area (Å²) < 4.78 is 26.2. The summed E-state index contributed by atoms with van der Waals surface area (Å²) in [7, 11) is 1.59. The number of rotatable bonds is 6. The van der Waals surface area contributed by atoms with Crippen LogP contribution in [0.4, 0.5) is 15.9 Å². The molecule has 2 aromatic carbocycles. The molecule has 0 aliphatic carbocycles. The summed E-state index contributed by atoms with van der Waals surface area (Å²) in [5, 5.41) is 6.95. The molecule has 1 aromatic heterocycles. The third-order valence-corrected chi connectivity index (χ3v) is 5.67. The van der Waals surface area contributed by atoms with Gasteiger partial charge >= 0.3 is 0 Å². The molecule has 0 unspecified atom stereocenters. The monoisotopic (exact) mass is 492 g/mol. The highest BCUT2D eigenvalue weighted by Crippen LogP contribution is 2.37. The Morgan fingerprint density at radius 3 is 2.61 bits per heavy atom. The third kappa shape index (κ3) is 6.10. The second-order valence-corrected chi connectivity index (χ2v) is 7.81. The Bertz CT molecular complexity index is 1130. The molecule has 1 fully saturated rings. The van der Waals surface area contributed by atoms with E-state index in [9.17, 15) is 4.39 Å². The normalized spacial score (nSPS) is 13.6. The Morgan fingerprint density at radius 2 is 1.94 bits per heavy atom. The minimum absolute atomic E-state index is 0.0937. The highest BCUT2D eigenvalue weighted by atomic mass is 35.5. The first kappa shape index (κ1) is 24.7. The lowest BCUT2D eigenvalue weighted by molar-refractivity contribution is -0.104. The number of nitrogens with zero attached hydrogens (tertiary/aromatic N) is 2. The first-order chi connectivity index (χ1) is 16.0. The van der Waals surface area contributed by atoms with Gasteiger partial charge in [-0.15, -0.1) is 0 Å². The zero-order valence-corrected chi connectivity index (χ0v) is 19.4. The molecule has 1 aliphatic heterocycles. The van der Waals surface area contributed by atoms with E-state index in [-0.39, 0.29) is 21.8 Å². The van der Waals surface area contributed by atoms with E-state index in [1.807, 2.05) is 6.07 Å². The van der Waals surface area contributed by atoms with Crippen LogP contribution in [0.5, 0.6) is 11.5 Å². The van der Waals surface area contributed by atoms with Gasteiger partial charge in [0, 0.05) is 11.5 Å². The van der Waals surface area contributed by atoms with Crippen molar-refractivity contribution in [3.05, 3.63) is 59.1 Å². The molecular formula is C23H23Cl2FN4O3. The van der Waals surface area contributed by atoms with Gasteiger partial charge < -0.3 is 20.1 Å². The molecule has 0 spiro atoms. The molecule has 174 valence electrons. The molecule has 4 rings (SSSR count). The van der Waals surface area contributed by atoms with Gasteiger partial charge in [0.25, 0.3) is 0 Å². The minimum Gasteiger partial charge on any atom is -0.493 e. The van der Waals surface area contributed by atoms with Crippen molar-refractivity contribution in [1.29, 1.82) is 0 Å². The maximum Gasteiger partial charge on any atom is 0.166 e. The van der Waals surface area contributed by atoms with Gasteiger partial charge in [-0.1, -0.05) is 29.8 Å². The first-order valence-corrected chi connectivity index (χ1v) is 10.9. The molecule has 0 radical (unpaired) electrons. The number of piperidine rings is 1. The van der Waals surface area contributed by atoms with Crippen LogP contribution in [0.1, 0.15) is 12.8 Å². The van der Waals surface area contributed by atoms with Crippen molar-refractivity contribution in [3.63, 3.8) is 0 Å². The minimum atomic E-state index is -0.648. The summed E-state index contributed by atoms with van der Waals surface area (Å²) in [4.78, 5) is 17.6. The number of anilines is 2. The van der Waals surface area contributed by atoms with Crippen LogP contribution < -0.4 is 20.1 Å². The predicted molar refractivity (Wildman–Crippen MR) is 129 cm³/mol. The zero-order chi connectivity index (χ0) is 23.8. The Balaban J connectivity index is 0.000000709. The van der Waals surface area contributed by atoms with Crippen LogP contribution in [-0.2, 0) is 4.79 Å². The van der Waals surface area contributed by atoms with E-state index in [4.69, 9.17) is 37.5 Å². The molecular weight excluding hydrogens is 470 g/mol. The van der Waals surface area contributed by atoms with Crippen molar-refractivity contribution >= 4 is 51.9 Å². The fourth-order valence-corrected chi connectivity index (χ4v) is 3.57. The molecule has 0 amide bonds. The topological polar surface area (TPSA) is 85.4 Å². The van der Waals surface area contributed by atoms with E-state index in [0.717, 1.165) is 25.9 Å². The molecule has 3 aromatic rings. The molecule has 10 heteroatoms. The van der Waals surface area contributed by atoms with Gasteiger partial charge in [-0.25, -0.2) is 14.4 Å². The summed E-state index contributed by atoms with van der Waals surface area (Å²) in [5.41, 5.74) is 0.800. The number of benzene rings is 2. The molecule has 2 N–H and O–H groups in total. The van der Waals surface area contributed by atoms with Gasteiger partial charge in [0.2, 0.25) is 0 Å². The van der Waals surface area contributed by atoms with E-state index in [1.54, 1.807) is 13.2 Å². The van der Waals surface area contributed by atoms with Crippen LogP contribution in [0.2, 0.25) is 10.0 Å². The number of carbonyl (C=O) groups excluding carboxylic acids is 1. The van der Waals surface area contributed by atoms with E-state index in [1.165, 1.54) is 24.5 Å². The van der Waals surface area contributed by atoms with Gasteiger partial charge in [-0.3, -0.25) is 4.79 Å². The largest absolute Gasteiger partial charge is 0.493 e. The number of aldehydes is 1. The maximum atomic E-state index is 14.5. The number of aromatic nitrogens is 2. The molecule has 7 nitrogen and oxygen atoms in total. The molecule has 2 heterocycles. The van der Waals surface area contributed by atoms with Crippen LogP contribution in [0.25, 0.3) is 10.9 Å². The van der Waals surface area contributed by atoms with E-state index in [2.05, 4.69) is 27.2 Å². The van der Waals surface area contributed by atoms with Gasteiger partial charge in [-0.2, -0.15) is 0 Å². The lowest BCUT2D eigenvalue weighted by Gasteiger charge is -2.25. The Labute approximate surface area is 200 Å². The van der Waals surface area contributed by atoms with Crippen LogP contribution in [0, 0.1) is 5.82 Å². The third-order valence-electron chi connectivity index (χ3n) is 4.89. The van der Waals surface area contributed by atoms with Gasteiger partial charge in [0.15, 0.2) is 17.3 Å². The molecule has 0 atom stereocenters. The fraction of sp³-hybridized carbons (Fsp3) is 0.261. The van der Waals surface area contributed by atoms with Crippen molar-refractivity contribution < 1.29 is 18.7 Å². The lowest BCUT2D eigenvalue weighted by atomic mass is 10.1. The predicted octanol–water partition coefficient (Wildman–Crippen LogP) is 5.33. The SMILES string of the molecule is C=CC=O.COc1cc2ncnc(Nc3ccc(Cl)c(Cl)c3F)c2cc1OC1CCNCC1. The average molecular weight is 493 g/mol. The van der Waals surface area contributed by atoms with Crippen molar-refractivity contribution in [2.24, 2.45) is 0 Å². The van der Waals surface area contributed by atoms with Gasteiger partial charge in [-0.05, 0) is 50.2 Å². The Morgan fingerprint density at radius 1 is 1.21 bits per heavy atom. The van der Waals surface area contributed by atoms with Gasteiger partial charge in [0.1, 0.15) is 24.5 Å². The number of nitrogens with one attached hydrogen (secondary N) is 2. The van der Waals surface area contributed by atoms with Crippen molar-refractivity contribution in [3.8, 4) is 11.5 Å². The van der Waals surface area contributed by atoms with Crippen LogP contribution in [0.3, 0.4) is 0 Å². The number of allylic oxidation sites excluding steroid dienone is 1. The number of methoxy groups -OCH3 is 1. The maximum absolute atomic E-state index is 14.5. The van der Waals surface area contributed by atoms with Crippen LogP contribution in [0.15, 0.2) is 43.2 Å². The number of carbonyl (C=O) groups is 1. The number of halogens is 3. The zero-order valence-electron chi connectivity index (χ0n) is 17.9. The Hall–Kier alpha value is -2.94. The number of fused-ring (bicyclic) bond motifs is 1. The number of hydrogen-bond donors (Lipinski definition) is 2. The highest BCUT2D eigenvalue weighted by Gasteiger charge is 2.19. The lowest BCUT2D eigenvalue weighted by Crippen LogP contribution is -2.34. The van der Waals surface area contributed by atoms with Crippen LogP contribution >= 0.6 is 23.2 Å².